The molecule has 6 heteroatoms. The number of nitrogens with one attached hydrogen (secondary N) is 2. The summed E-state index contributed by atoms with van der Waals surface area (Å²) in [6, 6.07) is 9.07. The molecule has 2 aromatic rings. The number of carbonyl (C=O) groups is 1. The van der Waals surface area contributed by atoms with E-state index in [2.05, 4.69) is 10.6 Å². The van der Waals surface area contributed by atoms with Crippen LogP contribution < -0.4 is 15.4 Å². The summed E-state index contributed by atoms with van der Waals surface area (Å²) in [7, 11) is 0. The first-order valence-electron chi connectivity index (χ1n) is 9.13. The zero-order chi connectivity index (χ0) is 18.6. The lowest BCUT2D eigenvalue weighted by Gasteiger charge is -2.38. The standard InChI is InChI=1S/C20H25FN2O2S/c1-3-18(24)23-20(11-5-4-6-12-20)25-16-9-7-15(8-10-16)22-19-13-17(21)14(2)26-19/h7-10,13,22H,3-6,11-12H2,1-2H3,(H,23,24). The highest BCUT2D eigenvalue weighted by molar-refractivity contribution is 7.16. The molecule has 0 radical (unpaired) electrons. The number of hydrogen-bond donors (Lipinski definition) is 2. The minimum atomic E-state index is -0.603. The van der Waals surface area contributed by atoms with E-state index in [0.29, 0.717) is 11.3 Å². The number of anilines is 2. The Morgan fingerprint density at radius 1 is 1.23 bits per heavy atom. The van der Waals surface area contributed by atoms with Gasteiger partial charge < -0.3 is 15.4 Å². The van der Waals surface area contributed by atoms with Gasteiger partial charge in [0.2, 0.25) is 5.91 Å². The molecule has 1 aromatic heterocycles. The Morgan fingerprint density at radius 3 is 2.50 bits per heavy atom. The number of aryl methyl sites for hydroxylation is 1. The van der Waals surface area contributed by atoms with Gasteiger partial charge >= 0.3 is 0 Å². The van der Waals surface area contributed by atoms with Crippen LogP contribution in [0, 0.1) is 12.7 Å². The first-order valence-corrected chi connectivity index (χ1v) is 9.94. The van der Waals surface area contributed by atoms with Crippen molar-refractivity contribution in [2.75, 3.05) is 5.32 Å². The Labute approximate surface area is 157 Å². The van der Waals surface area contributed by atoms with Gasteiger partial charge in [-0.1, -0.05) is 13.3 Å². The van der Waals surface area contributed by atoms with Crippen LogP contribution in [0.5, 0.6) is 5.75 Å². The number of rotatable bonds is 6. The summed E-state index contributed by atoms with van der Waals surface area (Å²) in [5.74, 6) is 0.547. The summed E-state index contributed by atoms with van der Waals surface area (Å²) in [4.78, 5) is 12.6. The van der Waals surface area contributed by atoms with Gasteiger partial charge in [-0.25, -0.2) is 4.39 Å². The third-order valence-corrected chi connectivity index (χ3v) is 5.58. The summed E-state index contributed by atoms with van der Waals surface area (Å²) in [6.45, 7) is 3.61. The number of carbonyl (C=O) groups excluding carboxylic acids is 1. The lowest BCUT2D eigenvalue weighted by molar-refractivity contribution is -0.128. The fraction of sp³-hybridized carbons (Fsp3) is 0.450. The van der Waals surface area contributed by atoms with Gasteiger partial charge in [0.25, 0.3) is 0 Å². The van der Waals surface area contributed by atoms with Gasteiger partial charge in [0.1, 0.15) is 11.6 Å². The van der Waals surface area contributed by atoms with Gasteiger partial charge in [0.15, 0.2) is 5.72 Å². The Balaban J connectivity index is 1.69. The monoisotopic (exact) mass is 376 g/mol. The van der Waals surface area contributed by atoms with Gasteiger partial charge in [0.05, 0.1) is 5.00 Å². The first-order chi connectivity index (χ1) is 12.5. The van der Waals surface area contributed by atoms with Crippen molar-refractivity contribution < 1.29 is 13.9 Å². The van der Waals surface area contributed by atoms with Crippen molar-refractivity contribution in [3.8, 4) is 5.75 Å². The molecule has 0 bridgehead atoms. The van der Waals surface area contributed by atoms with E-state index in [9.17, 15) is 9.18 Å². The van der Waals surface area contributed by atoms with Crippen molar-refractivity contribution in [1.82, 2.24) is 5.32 Å². The molecular weight excluding hydrogens is 351 g/mol. The SMILES string of the molecule is CCC(=O)NC1(Oc2ccc(Nc3cc(F)c(C)s3)cc2)CCCCC1. The third-order valence-electron chi connectivity index (χ3n) is 4.64. The number of ether oxygens (including phenoxy) is 1. The average molecular weight is 376 g/mol. The van der Waals surface area contributed by atoms with Crippen LogP contribution >= 0.6 is 11.3 Å². The van der Waals surface area contributed by atoms with E-state index < -0.39 is 5.72 Å². The van der Waals surface area contributed by atoms with E-state index in [4.69, 9.17) is 4.74 Å². The maximum Gasteiger partial charge on any atom is 0.222 e. The van der Waals surface area contributed by atoms with Gasteiger partial charge in [-0.3, -0.25) is 4.79 Å². The Bertz CT molecular complexity index is 732. The van der Waals surface area contributed by atoms with Crippen LogP contribution in [0.15, 0.2) is 30.3 Å². The van der Waals surface area contributed by atoms with Gasteiger partial charge in [-0.2, -0.15) is 0 Å². The molecule has 0 unspecified atom stereocenters. The Morgan fingerprint density at radius 2 is 1.92 bits per heavy atom. The molecule has 0 aliphatic heterocycles. The highest BCUT2D eigenvalue weighted by atomic mass is 32.1. The van der Waals surface area contributed by atoms with E-state index in [1.807, 2.05) is 31.2 Å². The van der Waals surface area contributed by atoms with E-state index in [1.165, 1.54) is 23.8 Å². The van der Waals surface area contributed by atoms with Crippen molar-refractivity contribution in [1.29, 1.82) is 0 Å². The lowest BCUT2D eigenvalue weighted by atomic mass is 9.91. The van der Waals surface area contributed by atoms with Crippen LogP contribution in [0.3, 0.4) is 0 Å². The average Bonchev–Trinajstić information content (AvgIpc) is 2.94. The molecule has 26 heavy (non-hydrogen) atoms. The highest BCUT2D eigenvalue weighted by Crippen LogP contribution is 2.33. The summed E-state index contributed by atoms with van der Waals surface area (Å²) in [5, 5.41) is 7.05. The van der Waals surface area contributed by atoms with Gasteiger partial charge in [-0.15, -0.1) is 11.3 Å². The Kier molecular flexibility index (Phi) is 5.81. The zero-order valence-corrected chi connectivity index (χ0v) is 16.0. The number of benzene rings is 1. The first kappa shape index (κ1) is 18.7. The molecule has 1 aliphatic carbocycles. The van der Waals surface area contributed by atoms with Crippen LogP contribution in [0.25, 0.3) is 0 Å². The molecule has 2 N–H and O–H groups in total. The van der Waals surface area contributed by atoms with Crippen LogP contribution in [-0.4, -0.2) is 11.6 Å². The van der Waals surface area contributed by atoms with Crippen LogP contribution in [0.4, 0.5) is 15.1 Å². The summed E-state index contributed by atoms with van der Waals surface area (Å²) >= 11 is 1.39. The molecular formula is C20H25FN2O2S. The molecule has 1 fully saturated rings. The normalized spacial score (nSPS) is 16.1. The van der Waals surface area contributed by atoms with Crippen molar-refractivity contribution in [2.24, 2.45) is 0 Å². The van der Waals surface area contributed by atoms with Crippen LogP contribution in [0.1, 0.15) is 50.3 Å². The summed E-state index contributed by atoms with van der Waals surface area (Å²) in [6.07, 6.45) is 5.37. The fourth-order valence-corrected chi connectivity index (χ4v) is 4.03. The fourth-order valence-electron chi connectivity index (χ4n) is 3.21. The molecule has 3 rings (SSSR count). The summed E-state index contributed by atoms with van der Waals surface area (Å²) < 4.78 is 19.7. The minimum absolute atomic E-state index is 0.0141. The molecule has 0 saturated heterocycles. The van der Waals surface area contributed by atoms with Gasteiger partial charge in [-0.05, 0) is 44.0 Å². The zero-order valence-electron chi connectivity index (χ0n) is 15.2. The molecule has 0 spiro atoms. The maximum absolute atomic E-state index is 13.5. The second kappa shape index (κ2) is 8.08. The second-order valence-electron chi connectivity index (χ2n) is 6.72. The topological polar surface area (TPSA) is 50.4 Å². The summed E-state index contributed by atoms with van der Waals surface area (Å²) in [5.41, 5.74) is 0.266. The van der Waals surface area contributed by atoms with E-state index >= 15 is 0 Å². The molecule has 1 amide bonds. The molecule has 1 saturated carbocycles. The highest BCUT2D eigenvalue weighted by Gasteiger charge is 2.35. The second-order valence-corrected chi connectivity index (χ2v) is 7.98. The Hall–Kier alpha value is -2.08. The van der Waals surface area contributed by atoms with Crippen LogP contribution in [0.2, 0.25) is 0 Å². The van der Waals surface area contributed by atoms with Crippen molar-refractivity contribution in [3.63, 3.8) is 0 Å². The van der Waals surface area contributed by atoms with Crippen molar-refractivity contribution in [2.45, 2.75) is 58.1 Å². The maximum atomic E-state index is 13.5. The quantitative estimate of drug-likeness (QED) is 0.654. The number of amides is 1. The van der Waals surface area contributed by atoms with E-state index in [-0.39, 0.29) is 11.7 Å². The molecule has 0 atom stereocenters. The predicted octanol–water partition coefficient (Wildman–Crippen LogP) is 5.50. The van der Waals surface area contributed by atoms with Crippen LogP contribution in [-0.2, 0) is 4.79 Å². The molecule has 1 aromatic carbocycles. The predicted molar refractivity (Wildman–Crippen MR) is 104 cm³/mol. The number of hydrogen-bond acceptors (Lipinski definition) is 4. The lowest BCUT2D eigenvalue weighted by Crippen LogP contribution is -2.54. The van der Waals surface area contributed by atoms with E-state index in [0.717, 1.165) is 42.1 Å². The third kappa shape index (κ3) is 4.55. The number of halogens is 1. The molecule has 1 heterocycles. The smallest absolute Gasteiger partial charge is 0.222 e. The number of thiophene rings is 1. The molecule has 4 nitrogen and oxygen atoms in total. The van der Waals surface area contributed by atoms with Crippen molar-refractivity contribution in [3.05, 3.63) is 41.0 Å². The van der Waals surface area contributed by atoms with Gasteiger partial charge in [0, 0.05) is 35.9 Å². The molecule has 1 aliphatic rings. The van der Waals surface area contributed by atoms with E-state index in [1.54, 1.807) is 6.92 Å². The van der Waals surface area contributed by atoms with Crippen molar-refractivity contribution >= 4 is 27.9 Å². The molecule has 140 valence electrons. The largest absolute Gasteiger partial charge is 0.468 e. The minimum Gasteiger partial charge on any atom is -0.468 e.